The molecule has 1 amide bonds. The minimum absolute atomic E-state index is 0.0668. The van der Waals surface area contributed by atoms with Gasteiger partial charge in [-0.15, -0.1) is 0 Å². The lowest BCUT2D eigenvalue weighted by Crippen LogP contribution is -2.57. The van der Waals surface area contributed by atoms with Gasteiger partial charge >= 0.3 is 6.09 Å². The molecule has 2 unspecified atom stereocenters. The maximum atomic E-state index is 14.8. The molecule has 0 radical (unpaired) electrons. The average Bonchev–Trinajstić information content (AvgIpc) is 3.55. The highest BCUT2D eigenvalue weighted by Crippen LogP contribution is 2.32. The molecule has 0 spiro atoms. The molecule has 0 N–H and O–H groups in total. The molecule has 11 heteroatoms. The van der Waals surface area contributed by atoms with E-state index in [0.717, 1.165) is 43.4 Å². The van der Waals surface area contributed by atoms with Crippen LogP contribution in [0.1, 0.15) is 63.5 Å². The molecular weight excluding hydrogens is 479 g/mol. The number of para-hydroxylation sites is 1. The van der Waals surface area contributed by atoms with Crippen LogP contribution in [0.3, 0.4) is 0 Å². The maximum absolute atomic E-state index is 14.8. The number of hydrogen-bond donors (Lipinski definition) is 0. The molecule has 2 aliphatic rings. The van der Waals surface area contributed by atoms with Gasteiger partial charge in [0.15, 0.2) is 0 Å². The number of methoxy groups -OCH3 is 1. The van der Waals surface area contributed by atoms with Gasteiger partial charge < -0.3 is 18.9 Å². The van der Waals surface area contributed by atoms with Crippen molar-refractivity contribution in [3.05, 3.63) is 35.6 Å². The highest BCUT2D eigenvalue weighted by atomic mass is 19.1. The fourth-order valence-electron chi connectivity index (χ4n) is 5.61. The monoisotopic (exact) mass is 514 g/mol. The largest absolute Gasteiger partial charge is 0.450 e. The molecule has 2 atom stereocenters. The predicted molar refractivity (Wildman–Crippen MR) is 134 cm³/mol. The Morgan fingerprint density at radius 3 is 2.70 bits per heavy atom. The summed E-state index contributed by atoms with van der Waals surface area (Å²) in [6.45, 7) is 9.15. The summed E-state index contributed by atoms with van der Waals surface area (Å²) in [4.78, 5) is 21.0. The molecule has 3 aromatic rings. The molecule has 4 heterocycles. The van der Waals surface area contributed by atoms with Crippen molar-refractivity contribution in [1.29, 1.82) is 0 Å². The SMILES string of the molecule is CCOC(=O)N1CCC(N2CCC(c3nc(-n4nc(C(C)C)c5cccc(F)c54)no3)CC2)C(OC)C1. The zero-order valence-corrected chi connectivity index (χ0v) is 21.9. The van der Waals surface area contributed by atoms with E-state index >= 15 is 0 Å². The Hall–Kier alpha value is -3.05. The first-order chi connectivity index (χ1) is 17.9. The molecule has 37 heavy (non-hydrogen) atoms. The van der Waals surface area contributed by atoms with E-state index in [1.54, 1.807) is 18.1 Å². The molecule has 0 bridgehead atoms. The van der Waals surface area contributed by atoms with Crippen LogP contribution in [0.15, 0.2) is 22.7 Å². The molecule has 2 aromatic heterocycles. The molecule has 10 nitrogen and oxygen atoms in total. The number of carbonyl (C=O) groups excluding carboxylic acids is 1. The number of carbonyl (C=O) groups is 1. The van der Waals surface area contributed by atoms with E-state index < -0.39 is 0 Å². The van der Waals surface area contributed by atoms with Crippen LogP contribution >= 0.6 is 0 Å². The highest BCUT2D eigenvalue weighted by Gasteiger charge is 2.38. The van der Waals surface area contributed by atoms with Crippen LogP contribution in [0.4, 0.5) is 9.18 Å². The van der Waals surface area contributed by atoms with Crippen LogP contribution < -0.4 is 0 Å². The third kappa shape index (κ3) is 4.94. The van der Waals surface area contributed by atoms with Crippen molar-refractivity contribution in [2.75, 3.05) is 39.9 Å². The Bertz CT molecular complexity index is 1240. The molecule has 2 saturated heterocycles. The number of likely N-dealkylation sites (tertiary alicyclic amines) is 2. The van der Waals surface area contributed by atoms with E-state index in [4.69, 9.17) is 14.0 Å². The summed E-state index contributed by atoms with van der Waals surface area (Å²) in [5.74, 6) is 0.695. The molecule has 2 aliphatic heterocycles. The second-order valence-electron chi connectivity index (χ2n) is 10.1. The van der Waals surface area contributed by atoms with E-state index in [2.05, 4.69) is 20.1 Å². The molecule has 1 aromatic carbocycles. The molecular formula is C26H35FN6O4. The fourth-order valence-corrected chi connectivity index (χ4v) is 5.61. The van der Waals surface area contributed by atoms with Crippen molar-refractivity contribution in [2.24, 2.45) is 0 Å². The van der Waals surface area contributed by atoms with Crippen molar-refractivity contribution in [1.82, 2.24) is 29.7 Å². The second kappa shape index (κ2) is 10.7. The zero-order valence-electron chi connectivity index (χ0n) is 21.9. The van der Waals surface area contributed by atoms with Crippen LogP contribution in [-0.4, -0.2) is 87.9 Å². The van der Waals surface area contributed by atoms with Crippen molar-refractivity contribution >= 4 is 17.0 Å². The number of piperidine rings is 2. The number of hydrogen-bond acceptors (Lipinski definition) is 8. The van der Waals surface area contributed by atoms with E-state index in [-0.39, 0.29) is 41.8 Å². The topological polar surface area (TPSA) is 98.8 Å². The first kappa shape index (κ1) is 25.6. The van der Waals surface area contributed by atoms with Gasteiger partial charge in [-0.05, 0) is 56.4 Å². The highest BCUT2D eigenvalue weighted by molar-refractivity contribution is 5.84. The van der Waals surface area contributed by atoms with E-state index in [1.807, 2.05) is 26.8 Å². The number of aromatic nitrogens is 4. The van der Waals surface area contributed by atoms with E-state index in [0.29, 0.717) is 31.1 Å². The van der Waals surface area contributed by atoms with Crippen LogP contribution in [0.25, 0.3) is 16.9 Å². The van der Waals surface area contributed by atoms with Gasteiger partial charge in [-0.1, -0.05) is 26.0 Å². The van der Waals surface area contributed by atoms with Gasteiger partial charge in [-0.25, -0.2) is 9.18 Å². The zero-order chi connectivity index (χ0) is 26.1. The first-order valence-corrected chi connectivity index (χ1v) is 13.1. The summed E-state index contributed by atoms with van der Waals surface area (Å²) < 4.78 is 32.8. The molecule has 200 valence electrons. The van der Waals surface area contributed by atoms with Gasteiger partial charge in [0.25, 0.3) is 5.95 Å². The van der Waals surface area contributed by atoms with Crippen LogP contribution in [-0.2, 0) is 9.47 Å². The van der Waals surface area contributed by atoms with E-state index in [1.165, 1.54) is 10.7 Å². The number of ether oxygens (including phenoxy) is 2. The van der Waals surface area contributed by atoms with Gasteiger partial charge in [0, 0.05) is 31.0 Å². The smallest absolute Gasteiger partial charge is 0.409 e. The average molecular weight is 515 g/mol. The van der Waals surface area contributed by atoms with Crippen LogP contribution in [0.5, 0.6) is 0 Å². The summed E-state index contributed by atoms with van der Waals surface area (Å²) in [6.07, 6.45) is 2.22. The number of benzene rings is 1. The summed E-state index contributed by atoms with van der Waals surface area (Å²) in [5.41, 5.74) is 1.17. The lowest BCUT2D eigenvalue weighted by atomic mass is 9.92. The third-order valence-electron chi connectivity index (χ3n) is 7.55. The summed E-state index contributed by atoms with van der Waals surface area (Å²) in [6, 6.07) is 5.23. The quantitative estimate of drug-likeness (QED) is 0.485. The number of halogens is 1. The summed E-state index contributed by atoms with van der Waals surface area (Å²) in [7, 11) is 1.70. The van der Waals surface area contributed by atoms with Crippen molar-refractivity contribution in [3.8, 4) is 5.95 Å². The van der Waals surface area contributed by atoms with Crippen molar-refractivity contribution in [3.63, 3.8) is 0 Å². The van der Waals surface area contributed by atoms with Crippen LogP contribution in [0, 0.1) is 5.82 Å². The lowest BCUT2D eigenvalue weighted by Gasteiger charge is -2.44. The fraction of sp³-hybridized carbons (Fsp3) is 0.615. The molecule has 0 aliphatic carbocycles. The Labute approximate surface area is 215 Å². The van der Waals surface area contributed by atoms with Crippen molar-refractivity contribution < 1.29 is 23.2 Å². The Balaban J connectivity index is 1.26. The standard InChI is InChI=1S/C26H35FN6O4/c1-5-36-26(34)32-14-11-20(21(15-32)35-4)31-12-9-17(10-13-31)24-28-25(30-37-24)33-23-18(7-6-8-19(23)27)22(29-33)16(2)3/h6-8,16-17,20-21H,5,9-15H2,1-4H3. The van der Waals surface area contributed by atoms with Gasteiger partial charge in [0.2, 0.25) is 5.89 Å². The molecule has 0 saturated carbocycles. The maximum Gasteiger partial charge on any atom is 0.409 e. The Morgan fingerprint density at radius 1 is 1.22 bits per heavy atom. The summed E-state index contributed by atoms with van der Waals surface area (Å²) >= 11 is 0. The molecule has 5 rings (SSSR count). The van der Waals surface area contributed by atoms with Crippen molar-refractivity contribution in [2.45, 2.75) is 64.0 Å². The summed E-state index contributed by atoms with van der Waals surface area (Å²) in [5, 5.41) is 9.56. The number of fused-ring (bicyclic) bond motifs is 1. The van der Waals surface area contributed by atoms with Gasteiger partial charge in [0.1, 0.15) is 11.3 Å². The number of amides is 1. The second-order valence-corrected chi connectivity index (χ2v) is 10.1. The van der Waals surface area contributed by atoms with Gasteiger partial charge in [-0.3, -0.25) is 4.90 Å². The third-order valence-corrected chi connectivity index (χ3v) is 7.55. The van der Waals surface area contributed by atoms with Gasteiger partial charge in [0.05, 0.1) is 24.9 Å². The number of rotatable bonds is 6. The van der Waals surface area contributed by atoms with E-state index in [9.17, 15) is 9.18 Å². The number of nitrogens with zero attached hydrogens (tertiary/aromatic N) is 6. The Morgan fingerprint density at radius 2 is 2.00 bits per heavy atom. The van der Waals surface area contributed by atoms with Crippen LogP contribution in [0.2, 0.25) is 0 Å². The predicted octanol–water partition coefficient (Wildman–Crippen LogP) is 4.10. The lowest BCUT2D eigenvalue weighted by molar-refractivity contribution is -0.0424. The normalized spacial score (nSPS) is 21.7. The van der Waals surface area contributed by atoms with Gasteiger partial charge in [-0.2, -0.15) is 14.8 Å². The minimum atomic E-state index is -0.363. The Kier molecular flexibility index (Phi) is 7.43. The first-order valence-electron chi connectivity index (χ1n) is 13.1. The molecule has 2 fully saturated rings. The minimum Gasteiger partial charge on any atom is -0.450 e.